The number of halogens is 2. The van der Waals surface area contributed by atoms with Gasteiger partial charge in [-0.3, -0.25) is 4.79 Å². The fraction of sp³-hybridized carbons (Fsp3) is 0.417. The molecule has 0 radical (unpaired) electrons. The molecule has 3 N–H and O–H groups in total. The summed E-state index contributed by atoms with van der Waals surface area (Å²) in [7, 11) is 0. The van der Waals surface area contributed by atoms with Gasteiger partial charge in [0.15, 0.2) is 0 Å². The molecule has 0 fully saturated rings. The number of carbonyl (C=O) groups excluding carboxylic acids is 1. The van der Waals surface area contributed by atoms with Gasteiger partial charge >= 0.3 is 0 Å². The number of hydrogen-bond donors (Lipinski definition) is 2. The number of primary amides is 1. The first kappa shape index (κ1) is 15.5. The Morgan fingerprint density at radius 1 is 1.61 bits per heavy atom. The maximum Gasteiger partial charge on any atom is 0.235 e. The van der Waals surface area contributed by atoms with Crippen LogP contribution in [0.15, 0.2) is 22.7 Å². The van der Waals surface area contributed by atoms with E-state index < -0.39 is 17.0 Å². The van der Waals surface area contributed by atoms with Crippen LogP contribution in [0.1, 0.15) is 17.7 Å². The number of hydrogen-bond acceptors (Lipinski definition) is 3. The molecule has 0 aliphatic heterocycles. The average molecular weight is 336 g/mol. The molecule has 1 aromatic rings. The molecule has 0 aliphatic carbocycles. The molecular formula is C12H15BrFNO2S. The molecule has 0 unspecified atom stereocenters. The van der Waals surface area contributed by atoms with E-state index in [2.05, 4.69) is 15.9 Å². The molecule has 1 amide bonds. The minimum absolute atomic E-state index is 0.0291. The highest BCUT2D eigenvalue weighted by atomic mass is 79.9. The summed E-state index contributed by atoms with van der Waals surface area (Å²) in [6.07, 6.45) is 0. The Hall–Kier alpha value is -0.590. The van der Waals surface area contributed by atoms with Crippen LogP contribution in [0.25, 0.3) is 0 Å². The number of thioether (sulfide) groups is 1. The lowest BCUT2D eigenvalue weighted by Crippen LogP contribution is -2.21. The monoisotopic (exact) mass is 335 g/mol. The van der Waals surface area contributed by atoms with E-state index in [0.717, 1.165) is 0 Å². The van der Waals surface area contributed by atoms with Crippen molar-refractivity contribution in [1.82, 2.24) is 0 Å². The van der Waals surface area contributed by atoms with E-state index in [1.54, 1.807) is 12.1 Å². The molecule has 6 heteroatoms. The summed E-state index contributed by atoms with van der Waals surface area (Å²) >= 11 is 4.41. The number of carbonyl (C=O) groups is 1. The van der Waals surface area contributed by atoms with Crippen molar-refractivity contribution in [2.24, 2.45) is 11.7 Å². The SMILES string of the molecule is C[C@@H](CO)CS[C@H](C(N)=O)c1ccc(Br)cc1F. The zero-order valence-corrected chi connectivity index (χ0v) is 12.3. The topological polar surface area (TPSA) is 63.3 Å². The van der Waals surface area contributed by atoms with Gasteiger partial charge in [0, 0.05) is 16.6 Å². The van der Waals surface area contributed by atoms with Gasteiger partial charge in [-0.15, -0.1) is 11.8 Å². The quantitative estimate of drug-likeness (QED) is 0.839. The molecule has 3 nitrogen and oxygen atoms in total. The third-order valence-electron chi connectivity index (χ3n) is 2.36. The third-order valence-corrected chi connectivity index (χ3v) is 4.44. The molecular weight excluding hydrogens is 321 g/mol. The maximum atomic E-state index is 13.8. The smallest absolute Gasteiger partial charge is 0.235 e. The van der Waals surface area contributed by atoms with E-state index in [-0.39, 0.29) is 18.1 Å². The largest absolute Gasteiger partial charge is 0.396 e. The van der Waals surface area contributed by atoms with Crippen LogP contribution >= 0.6 is 27.7 Å². The number of nitrogens with two attached hydrogens (primary N) is 1. The summed E-state index contributed by atoms with van der Waals surface area (Å²) in [5, 5.41) is 8.21. The Morgan fingerprint density at radius 2 is 2.28 bits per heavy atom. The first-order valence-electron chi connectivity index (χ1n) is 5.42. The Bertz CT molecular complexity index is 431. The summed E-state index contributed by atoms with van der Waals surface area (Å²) in [6.45, 7) is 1.88. The molecule has 1 rings (SSSR count). The van der Waals surface area contributed by atoms with Gasteiger partial charge in [-0.25, -0.2) is 4.39 Å². The summed E-state index contributed by atoms with van der Waals surface area (Å²) in [5.41, 5.74) is 5.58. The highest BCUT2D eigenvalue weighted by Crippen LogP contribution is 2.32. The second-order valence-corrected chi connectivity index (χ2v) is 6.12. The van der Waals surface area contributed by atoms with Crippen LogP contribution < -0.4 is 5.73 Å². The number of amides is 1. The molecule has 0 saturated heterocycles. The van der Waals surface area contributed by atoms with Crippen LogP contribution in [0.4, 0.5) is 4.39 Å². The van der Waals surface area contributed by atoms with Gasteiger partial charge in [-0.2, -0.15) is 0 Å². The zero-order chi connectivity index (χ0) is 13.7. The lowest BCUT2D eigenvalue weighted by molar-refractivity contribution is -0.117. The Morgan fingerprint density at radius 3 is 2.78 bits per heavy atom. The number of rotatable bonds is 6. The molecule has 18 heavy (non-hydrogen) atoms. The van der Waals surface area contributed by atoms with Gasteiger partial charge in [0.1, 0.15) is 11.1 Å². The highest BCUT2D eigenvalue weighted by molar-refractivity contribution is 9.10. The molecule has 2 atom stereocenters. The minimum Gasteiger partial charge on any atom is -0.396 e. The van der Waals surface area contributed by atoms with E-state index >= 15 is 0 Å². The van der Waals surface area contributed by atoms with E-state index in [1.807, 2.05) is 6.92 Å². The lowest BCUT2D eigenvalue weighted by Gasteiger charge is -2.16. The van der Waals surface area contributed by atoms with Crippen LogP contribution in [-0.2, 0) is 4.79 Å². The van der Waals surface area contributed by atoms with Gasteiger partial charge in [0.2, 0.25) is 5.91 Å². The van der Waals surface area contributed by atoms with Gasteiger partial charge in [0.25, 0.3) is 0 Å². The molecule has 0 bridgehead atoms. The average Bonchev–Trinajstić information content (AvgIpc) is 2.31. The zero-order valence-electron chi connectivity index (χ0n) is 9.90. The van der Waals surface area contributed by atoms with E-state index in [9.17, 15) is 9.18 Å². The minimum atomic E-state index is -0.730. The predicted octanol–water partition coefficient (Wildman–Crippen LogP) is 2.48. The second kappa shape index (κ2) is 7.11. The van der Waals surface area contributed by atoms with Crippen LogP contribution in [0, 0.1) is 11.7 Å². The number of benzene rings is 1. The van der Waals surface area contributed by atoms with Crippen molar-refractivity contribution in [3.63, 3.8) is 0 Å². The van der Waals surface area contributed by atoms with Gasteiger partial charge < -0.3 is 10.8 Å². The van der Waals surface area contributed by atoms with Crippen molar-refractivity contribution in [3.8, 4) is 0 Å². The van der Waals surface area contributed by atoms with Gasteiger partial charge in [0.05, 0.1) is 0 Å². The second-order valence-electron chi connectivity index (χ2n) is 4.07. The van der Waals surface area contributed by atoms with E-state index in [0.29, 0.717) is 10.2 Å². The van der Waals surface area contributed by atoms with Crippen molar-refractivity contribution in [3.05, 3.63) is 34.1 Å². The molecule has 0 spiro atoms. The third kappa shape index (κ3) is 4.26. The maximum absolute atomic E-state index is 13.8. The lowest BCUT2D eigenvalue weighted by atomic mass is 10.1. The van der Waals surface area contributed by atoms with E-state index in [4.69, 9.17) is 10.8 Å². The predicted molar refractivity (Wildman–Crippen MR) is 74.7 cm³/mol. The van der Waals surface area contributed by atoms with Crippen molar-refractivity contribution < 1.29 is 14.3 Å². The molecule has 0 aromatic heterocycles. The summed E-state index contributed by atoms with van der Waals surface area (Å²) in [4.78, 5) is 11.4. The summed E-state index contributed by atoms with van der Waals surface area (Å²) < 4.78 is 14.4. The normalized spacial score (nSPS) is 14.2. The first-order valence-corrected chi connectivity index (χ1v) is 7.26. The van der Waals surface area contributed by atoms with Crippen molar-refractivity contribution in [2.45, 2.75) is 12.2 Å². The fourth-order valence-corrected chi connectivity index (χ4v) is 2.85. The van der Waals surface area contributed by atoms with Gasteiger partial charge in [-0.05, 0) is 23.8 Å². The Balaban J connectivity index is 2.87. The van der Waals surface area contributed by atoms with Crippen molar-refractivity contribution in [1.29, 1.82) is 0 Å². The van der Waals surface area contributed by atoms with Gasteiger partial charge in [-0.1, -0.05) is 28.9 Å². The highest BCUT2D eigenvalue weighted by Gasteiger charge is 2.22. The van der Waals surface area contributed by atoms with Crippen molar-refractivity contribution in [2.75, 3.05) is 12.4 Å². The summed E-state index contributed by atoms with van der Waals surface area (Å²) in [5.74, 6) is -0.460. The van der Waals surface area contributed by atoms with Crippen LogP contribution in [0.2, 0.25) is 0 Å². The standard InChI is InChI=1S/C12H15BrFNO2S/c1-7(5-16)6-18-11(12(15)17)9-3-2-8(13)4-10(9)14/h2-4,7,11,16H,5-6H2,1H3,(H2,15,17)/t7-,11-/m0/s1. The molecule has 0 saturated carbocycles. The molecule has 0 heterocycles. The number of aliphatic hydroxyl groups is 1. The van der Waals surface area contributed by atoms with Crippen LogP contribution in [-0.4, -0.2) is 23.4 Å². The Kier molecular flexibility index (Phi) is 6.11. The summed E-state index contributed by atoms with van der Waals surface area (Å²) in [6, 6.07) is 4.52. The van der Waals surface area contributed by atoms with Crippen LogP contribution in [0.3, 0.4) is 0 Å². The fourth-order valence-electron chi connectivity index (χ4n) is 1.35. The van der Waals surface area contributed by atoms with Crippen molar-refractivity contribution >= 4 is 33.6 Å². The number of aliphatic hydroxyl groups excluding tert-OH is 1. The molecule has 100 valence electrons. The van der Waals surface area contributed by atoms with Crippen LogP contribution in [0.5, 0.6) is 0 Å². The first-order chi connectivity index (χ1) is 8.45. The Labute approximate surface area is 118 Å². The molecule has 0 aliphatic rings. The molecule has 1 aromatic carbocycles. The van der Waals surface area contributed by atoms with E-state index in [1.165, 1.54) is 17.8 Å².